The van der Waals surface area contributed by atoms with Gasteiger partial charge in [0.15, 0.2) is 11.6 Å². The molecule has 1 saturated carbocycles. The highest BCUT2D eigenvalue weighted by Gasteiger charge is 2.24. The number of nitrogens with zero attached hydrogens (tertiary/aromatic N) is 6. The fraction of sp³-hybridized carbons (Fsp3) is 0.500. The second-order valence-corrected chi connectivity index (χ2v) is 11.3. The first-order chi connectivity index (χ1) is 18.6. The Hall–Kier alpha value is -3.56. The third kappa shape index (κ3) is 8.21. The third-order valence-corrected chi connectivity index (χ3v) is 6.96. The fourth-order valence-corrected chi connectivity index (χ4v) is 5.26. The van der Waals surface area contributed by atoms with E-state index in [1.54, 1.807) is 6.92 Å². The van der Waals surface area contributed by atoms with Crippen LogP contribution in [0.15, 0.2) is 24.3 Å². The van der Waals surface area contributed by atoms with Crippen molar-refractivity contribution in [3.63, 3.8) is 0 Å². The normalized spacial score (nSPS) is 17.6. The zero-order valence-corrected chi connectivity index (χ0v) is 22.5. The molecular formula is C24H31FN8O5S. The maximum atomic E-state index is 13.9. The van der Waals surface area contributed by atoms with Crippen molar-refractivity contribution in [3.05, 3.63) is 47.2 Å². The molecule has 0 bridgehead atoms. The van der Waals surface area contributed by atoms with Crippen LogP contribution in [0.3, 0.4) is 0 Å². The first kappa shape index (κ1) is 28.4. The smallest absolute Gasteiger partial charge is 0.270 e. The van der Waals surface area contributed by atoms with Crippen molar-refractivity contribution >= 4 is 15.9 Å². The number of carbonyl (C=O) groups is 1. The number of hydrogen-bond acceptors (Lipinski definition) is 10. The molecule has 0 spiro atoms. The number of carbonyl (C=O) groups excluding carboxylic acids is 1. The second-order valence-electron chi connectivity index (χ2n) is 9.48. The van der Waals surface area contributed by atoms with E-state index in [1.165, 1.54) is 35.3 Å². The Morgan fingerprint density at radius 1 is 1.21 bits per heavy atom. The number of ether oxygens (including phenoxy) is 1. The summed E-state index contributed by atoms with van der Waals surface area (Å²) in [5.41, 5.74) is 1.07. The highest BCUT2D eigenvalue weighted by Crippen LogP contribution is 2.26. The van der Waals surface area contributed by atoms with Crippen LogP contribution in [0.4, 0.5) is 4.39 Å². The summed E-state index contributed by atoms with van der Waals surface area (Å²) < 4.78 is 44.6. The van der Waals surface area contributed by atoms with E-state index in [1.807, 2.05) is 0 Å². The minimum absolute atomic E-state index is 0.0104. The summed E-state index contributed by atoms with van der Waals surface area (Å²) in [6.07, 6.45) is 4.34. The van der Waals surface area contributed by atoms with E-state index >= 15 is 0 Å². The lowest BCUT2D eigenvalue weighted by Gasteiger charge is -2.27. The van der Waals surface area contributed by atoms with Gasteiger partial charge in [0.1, 0.15) is 23.8 Å². The topological polar surface area (TPSA) is 174 Å². The van der Waals surface area contributed by atoms with Crippen molar-refractivity contribution in [2.24, 2.45) is 5.92 Å². The lowest BCUT2D eigenvalue weighted by atomic mass is 9.86. The first-order valence-corrected chi connectivity index (χ1v) is 14.4. The molecule has 0 aliphatic heterocycles. The number of sulfonamides is 1. The van der Waals surface area contributed by atoms with E-state index in [9.17, 15) is 17.6 Å². The molecule has 1 fully saturated rings. The molecule has 0 atom stereocenters. The summed E-state index contributed by atoms with van der Waals surface area (Å²) in [6, 6.07) is 5.64. The number of benzene rings is 1. The summed E-state index contributed by atoms with van der Waals surface area (Å²) in [5.74, 6) is -0.135. The van der Waals surface area contributed by atoms with E-state index in [0.717, 1.165) is 25.7 Å². The molecule has 13 nitrogen and oxygen atoms in total. The number of amides is 1. The minimum Gasteiger partial charge on any atom is -0.488 e. The maximum absolute atomic E-state index is 13.9. The Kier molecular flexibility index (Phi) is 9.14. The molecule has 3 N–H and O–H groups in total. The number of hydrogen-bond donors (Lipinski definition) is 3. The van der Waals surface area contributed by atoms with Crippen molar-refractivity contribution in [2.75, 3.05) is 19.5 Å². The van der Waals surface area contributed by atoms with Crippen LogP contribution in [0.1, 0.15) is 47.6 Å². The largest absolute Gasteiger partial charge is 0.488 e. The molecule has 1 amide bonds. The van der Waals surface area contributed by atoms with Gasteiger partial charge in [-0.25, -0.2) is 27.5 Å². The first-order valence-electron chi connectivity index (χ1n) is 12.5. The van der Waals surface area contributed by atoms with Crippen LogP contribution in [-0.4, -0.2) is 75.1 Å². The van der Waals surface area contributed by atoms with E-state index < -0.39 is 21.7 Å². The summed E-state index contributed by atoms with van der Waals surface area (Å²) in [6.45, 7) is 2.00. The quantitative estimate of drug-likeness (QED) is 0.306. The van der Waals surface area contributed by atoms with Crippen LogP contribution < -0.4 is 14.8 Å². The summed E-state index contributed by atoms with van der Waals surface area (Å²) in [7, 11) is -3.22. The summed E-state index contributed by atoms with van der Waals surface area (Å²) in [5, 5.41) is 24.3. The third-order valence-electron chi connectivity index (χ3n) is 6.20. The number of rotatable bonds is 11. The van der Waals surface area contributed by atoms with Gasteiger partial charge in [-0.1, -0.05) is 6.07 Å². The highest BCUT2D eigenvalue weighted by molar-refractivity contribution is 7.88. The Balaban J connectivity index is 1.37. The van der Waals surface area contributed by atoms with Crippen molar-refractivity contribution in [3.8, 4) is 17.3 Å². The number of aryl methyl sites for hydroxylation is 1. The number of aromatic nitrogens is 6. The van der Waals surface area contributed by atoms with E-state index in [2.05, 4.69) is 35.4 Å². The predicted octanol–water partition coefficient (Wildman–Crippen LogP) is 0.987. The van der Waals surface area contributed by atoms with Crippen molar-refractivity contribution in [2.45, 2.75) is 51.7 Å². The maximum Gasteiger partial charge on any atom is 0.270 e. The lowest BCUT2D eigenvalue weighted by molar-refractivity contribution is 0.0945. The van der Waals surface area contributed by atoms with Gasteiger partial charge in [0.25, 0.3) is 5.91 Å². The second kappa shape index (κ2) is 12.5. The van der Waals surface area contributed by atoms with Gasteiger partial charge in [-0.15, -0.1) is 10.2 Å². The van der Waals surface area contributed by atoms with Gasteiger partial charge in [0.2, 0.25) is 15.8 Å². The average Bonchev–Trinajstić information content (AvgIpc) is 3.36. The Morgan fingerprint density at radius 3 is 2.69 bits per heavy atom. The number of aliphatic hydroxyl groups is 1. The molecule has 1 aliphatic rings. The Bertz CT molecular complexity index is 1410. The minimum atomic E-state index is -3.22. The van der Waals surface area contributed by atoms with Gasteiger partial charge in [-0.2, -0.15) is 4.80 Å². The SMILES string of the molecule is Cc1nc(C(=O)NCc2ccc(F)c(OCCO)c2)cc(-c2nnn(C[C@H]3CC[C@H](NS(C)(=O)=O)CC3)n2)n1. The molecule has 210 valence electrons. The molecule has 4 rings (SSSR count). The van der Waals surface area contributed by atoms with E-state index in [0.29, 0.717) is 29.5 Å². The van der Waals surface area contributed by atoms with E-state index in [-0.39, 0.29) is 43.1 Å². The van der Waals surface area contributed by atoms with Gasteiger partial charge in [0.05, 0.1) is 19.4 Å². The van der Waals surface area contributed by atoms with Gasteiger partial charge in [0, 0.05) is 12.6 Å². The molecule has 2 heterocycles. The lowest BCUT2D eigenvalue weighted by Crippen LogP contribution is -2.37. The Morgan fingerprint density at radius 2 is 1.97 bits per heavy atom. The van der Waals surface area contributed by atoms with Gasteiger partial charge < -0.3 is 15.2 Å². The molecule has 1 aromatic carbocycles. The molecule has 39 heavy (non-hydrogen) atoms. The molecule has 0 saturated heterocycles. The van der Waals surface area contributed by atoms with Gasteiger partial charge in [-0.05, 0) is 67.5 Å². The van der Waals surface area contributed by atoms with Crippen LogP contribution in [0.5, 0.6) is 5.75 Å². The molecule has 15 heteroatoms. The fourth-order valence-electron chi connectivity index (χ4n) is 4.42. The number of aliphatic hydroxyl groups excluding tert-OH is 1. The van der Waals surface area contributed by atoms with Gasteiger partial charge >= 0.3 is 0 Å². The van der Waals surface area contributed by atoms with Crippen molar-refractivity contribution in [1.82, 2.24) is 40.2 Å². The van der Waals surface area contributed by atoms with Crippen LogP contribution >= 0.6 is 0 Å². The molecular weight excluding hydrogens is 531 g/mol. The number of tetrazole rings is 1. The van der Waals surface area contributed by atoms with Crippen molar-refractivity contribution in [1.29, 1.82) is 0 Å². The van der Waals surface area contributed by atoms with Crippen molar-refractivity contribution < 1.29 is 27.4 Å². The average molecular weight is 563 g/mol. The molecule has 0 radical (unpaired) electrons. The van der Waals surface area contributed by atoms with E-state index in [4.69, 9.17) is 9.84 Å². The zero-order chi connectivity index (χ0) is 28.0. The molecule has 0 unspecified atom stereocenters. The molecule has 3 aromatic rings. The van der Waals surface area contributed by atoms with Crippen LogP contribution in [0, 0.1) is 18.7 Å². The number of nitrogens with one attached hydrogen (secondary N) is 2. The Labute approximate surface area is 225 Å². The monoisotopic (exact) mass is 562 g/mol. The predicted molar refractivity (Wildman–Crippen MR) is 137 cm³/mol. The highest BCUT2D eigenvalue weighted by atomic mass is 32.2. The zero-order valence-electron chi connectivity index (χ0n) is 21.7. The van der Waals surface area contributed by atoms with Crippen LogP contribution in [-0.2, 0) is 23.1 Å². The number of halogens is 1. The summed E-state index contributed by atoms with van der Waals surface area (Å²) >= 11 is 0. The van der Waals surface area contributed by atoms with Gasteiger partial charge in [-0.3, -0.25) is 4.79 Å². The van der Waals surface area contributed by atoms with Crippen LogP contribution in [0.25, 0.3) is 11.5 Å². The standard InChI is InChI=1S/C24H31FN8O5S/c1-15-27-20(23-29-32-33(30-23)14-16-3-6-18(7-4-16)31-39(2,36)37)12-21(28-15)24(35)26-13-17-5-8-19(25)22(11-17)38-10-9-34/h5,8,11-12,16,18,31,34H,3-4,6-7,9-10,13-14H2,1-2H3,(H,26,35)/t16-,18-. The molecule has 2 aromatic heterocycles. The molecule has 1 aliphatic carbocycles. The summed E-state index contributed by atoms with van der Waals surface area (Å²) in [4.78, 5) is 22.9. The van der Waals surface area contributed by atoms with Crippen LogP contribution in [0.2, 0.25) is 0 Å².